The lowest BCUT2D eigenvalue weighted by Gasteiger charge is -2.16. The number of hydrogen-bond donors (Lipinski definition) is 0. The van der Waals surface area contributed by atoms with Crippen molar-refractivity contribution in [2.45, 2.75) is 0 Å². The molecule has 0 aliphatic rings. The second-order valence-corrected chi connectivity index (χ2v) is 34.5. The molecule has 0 amide bonds. The molecule has 0 unspecified atom stereocenters. The van der Waals surface area contributed by atoms with Crippen molar-refractivity contribution < 1.29 is 4.42 Å². The van der Waals surface area contributed by atoms with Gasteiger partial charge in [0.15, 0.2) is 5.69 Å². The minimum absolute atomic E-state index is 0.369. The van der Waals surface area contributed by atoms with Crippen molar-refractivity contribution in [3.8, 4) is 80.3 Å². The first-order chi connectivity index (χ1) is 63.3. The molecule has 0 aliphatic carbocycles. The van der Waals surface area contributed by atoms with Crippen LogP contribution in [-0.4, -0.2) is 33.6 Å². The molecule has 0 radical (unpaired) electrons. The third-order valence-corrected chi connectivity index (χ3v) is 27.6. The molecule has 0 spiro atoms. The van der Waals surface area contributed by atoms with Crippen molar-refractivity contribution in [1.82, 2.24) is 33.6 Å². The Morgan fingerprint density at radius 1 is 0.250 bits per heavy atom. The Bertz CT molecular complexity index is 9560. The zero-order chi connectivity index (χ0) is 84.8. The number of para-hydroxylation sites is 7. The first-order valence-corrected chi connectivity index (χ1v) is 44.0. The number of fused-ring (bicyclic) bond motifs is 25. The molecule has 0 bridgehead atoms. The van der Waals surface area contributed by atoms with E-state index in [4.69, 9.17) is 19.4 Å². The van der Waals surface area contributed by atoms with Gasteiger partial charge in [-0.2, -0.15) is 15.8 Å². The summed E-state index contributed by atoms with van der Waals surface area (Å²) in [5.41, 5.74) is 20.8. The Hall–Kier alpha value is -17.3. The lowest BCUT2D eigenvalue weighted by atomic mass is 9.97. The quantitative estimate of drug-likeness (QED) is 0.153. The summed E-state index contributed by atoms with van der Waals surface area (Å²) < 4.78 is 17.7. The molecule has 0 saturated carbocycles. The molecule has 0 saturated heterocycles. The van der Waals surface area contributed by atoms with Gasteiger partial charge in [0.2, 0.25) is 5.95 Å². The fourth-order valence-electron chi connectivity index (χ4n) is 19.5. The third kappa shape index (κ3) is 11.8. The van der Waals surface area contributed by atoms with E-state index in [-0.39, 0.29) is 0 Å². The number of aromatic nitrogens is 7. The summed E-state index contributed by atoms with van der Waals surface area (Å²) in [5.74, 6) is 2.00. The first kappa shape index (κ1) is 73.5. The molecule has 9 heterocycles. The Kier molecular flexibility index (Phi) is 16.9. The van der Waals surface area contributed by atoms with Gasteiger partial charge in [-0.25, -0.2) is 19.9 Å². The van der Waals surface area contributed by atoms with Gasteiger partial charge in [-0.1, -0.05) is 249 Å². The highest BCUT2D eigenvalue weighted by molar-refractivity contribution is 7.26. The third-order valence-electron chi connectivity index (χ3n) is 25.3. The van der Waals surface area contributed by atoms with E-state index in [9.17, 15) is 15.8 Å². The number of benzene rings is 18. The molecule has 11 nitrogen and oxygen atoms in total. The molecular formula is C115H64N10OS2. The highest BCUT2D eigenvalue weighted by Crippen LogP contribution is 2.47. The van der Waals surface area contributed by atoms with Gasteiger partial charge in [-0.3, -0.25) is 13.7 Å². The van der Waals surface area contributed by atoms with Crippen molar-refractivity contribution in [2.24, 2.45) is 0 Å². The van der Waals surface area contributed by atoms with E-state index in [1.54, 1.807) is 0 Å². The summed E-state index contributed by atoms with van der Waals surface area (Å²) in [6.45, 7) is 0. The van der Waals surface area contributed by atoms with Gasteiger partial charge in [0, 0.05) is 105 Å². The fraction of sp³-hybridized carbons (Fsp3) is 0. The smallest absolute Gasteiger partial charge is 0.236 e. The van der Waals surface area contributed by atoms with E-state index in [0.29, 0.717) is 22.8 Å². The molecule has 128 heavy (non-hydrogen) atoms. The number of nitrogens with zero attached hydrogens (tertiary/aromatic N) is 10. The molecule has 0 fully saturated rings. The van der Waals surface area contributed by atoms with Crippen molar-refractivity contribution in [3.63, 3.8) is 0 Å². The number of thiophene rings is 2. The molecule has 9 aromatic heterocycles. The van der Waals surface area contributed by atoms with Crippen LogP contribution < -0.4 is 0 Å². The average Bonchev–Trinajstić information content (AvgIpc) is 1.55. The summed E-state index contributed by atoms with van der Waals surface area (Å²) >= 11 is 3.71. The molecule has 0 atom stereocenters. The van der Waals surface area contributed by atoms with Crippen LogP contribution in [0.2, 0.25) is 0 Å². The fourth-order valence-corrected chi connectivity index (χ4v) is 21.7. The first-order valence-electron chi connectivity index (χ1n) is 42.4. The van der Waals surface area contributed by atoms with Crippen LogP contribution in [0.1, 0.15) is 16.8 Å². The topological polar surface area (TPSA) is 151 Å². The maximum absolute atomic E-state index is 10.6. The highest BCUT2D eigenvalue weighted by atomic mass is 32.1. The van der Waals surface area contributed by atoms with Crippen LogP contribution in [-0.2, 0) is 0 Å². The molecule has 18 aromatic carbocycles. The molecule has 592 valence electrons. The van der Waals surface area contributed by atoms with Gasteiger partial charge in [0.25, 0.3) is 0 Å². The molecule has 0 aliphatic heterocycles. The van der Waals surface area contributed by atoms with Crippen molar-refractivity contribution in [1.29, 1.82) is 15.8 Å². The maximum Gasteiger partial charge on any atom is 0.236 e. The monoisotopic (exact) mass is 1660 g/mol. The van der Waals surface area contributed by atoms with Crippen LogP contribution in [0.3, 0.4) is 0 Å². The van der Waals surface area contributed by atoms with Crippen LogP contribution in [0.5, 0.6) is 0 Å². The number of nitriles is 3. The highest BCUT2D eigenvalue weighted by Gasteiger charge is 2.26. The Morgan fingerprint density at radius 2 is 0.656 bits per heavy atom. The summed E-state index contributed by atoms with van der Waals surface area (Å²) in [7, 11) is 0. The van der Waals surface area contributed by atoms with Crippen LogP contribution in [0, 0.1) is 34.0 Å². The minimum Gasteiger partial charge on any atom is -0.456 e. The standard InChI is InChI=1S/C44H25N3S.C38H21N3S.C33H18N4O/c45-26-36-32-14-6-8-16-37(32)46-44(42(36)28-11-2-1-3-12-28)47-38-17-9-7-15-33(38)34-24-29(18-21-39(34)47)30-20-22-40-35(25-30)43-31-13-5-4-10-27(31)19-23-41(43)48-40;39-22-26-21-37(40-32-11-5-3-8-27(26)32)41-33-12-6-4-10-29(33)30-19-24(13-16-34(30)41)25-15-17-35-31(20-25)38-28-9-2-1-7-23(28)14-18-36(38)42-35;34-19-28-24-9-1-4-10-27(24)35-33(36-28)37-29-11-5-2-7-22(29)25-17-20(13-15-30(25)37)21-14-16-32-26(18-21)23-8-3-6-12-31(23)38-32/h1-25H;1-21H;1-18H. The van der Waals surface area contributed by atoms with Crippen LogP contribution in [0.4, 0.5) is 0 Å². The van der Waals surface area contributed by atoms with E-state index in [2.05, 4.69) is 292 Å². The number of hydrogen-bond acceptors (Lipinski definition) is 10. The van der Waals surface area contributed by atoms with Crippen molar-refractivity contribution >= 4 is 205 Å². The van der Waals surface area contributed by atoms with Gasteiger partial charge < -0.3 is 4.42 Å². The van der Waals surface area contributed by atoms with Crippen LogP contribution in [0.25, 0.3) is 244 Å². The van der Waals surface area contributed by atoms with Gasteiger partial charge in [-0.15, -0.1) is 22.7 Å². The van der Waals surface area contributed by atoms with E-state index in [1.807, 2.05) is 156 Å². The van der Waals surface area contributed by atoms with E-state index in [1.165, 1.54) is 84.1 Å². The van der Waals surface area contributed by atoms with E-state index < -0.39 is 0 Å². The zero-order valence-corrected chi connectivity index (χ0v) is 69.8. The summed E-state index contributed by atoms with van der Waals surface area (Å²) in [6.07, 6.45) is 0. The molecule has 27 aromatic rings. The van der Waals surface area contributed by atoms with Crippen molar-refractivity contribution in [3.05, 3.63) is 405 Å². The van der Waals surface area contributed by atoms with E-state index >= 15 is 0 Å². The minimum atomic E-state index is 0.369. The summed E-state index contributed by atoms with van der Waals surface area (Å²) in [6, 6.07) is 142. The largest absolute Gasteiger partial charge is 0.456 e. The Labute approximate surface area is 738 Å². The van der Waals surface area contributed by atoms with E-state index in [0.717, 1.165) is 154 Å². The van der Waals surface area contributed by atoms with Crippen LogP contribution in [0.15, 0.2) is 393 Å². The van der Waals surface area contributed by atoms with Gasteiger partial charge in [0.05, 0.1) is 66.8 Å². The second kappa shape index (κ2) is 29.5. The molecular weight excluding hydrogens is 1600 g/mol. The summed E-state index contributed by atoms with van der Waals surface area (Å²) in [5, 5.41) is 52.3. The lowest BCUT2D eigenvalue weighted by molar-refractivity contribution is 0.669. The maximum atomic E-state index is 10.6. The normalized spacial score (nSPS) is 11.7. The van der Waals surface area contributed by atoms with Crippen LogP contribution >= 0.6 is 22.7 Å². The Morgan fingerprint density at radius 3 is 1.22 bits per heavy atom. The van der Waals surface area contributed by atoms with Gasteiger partial charge >= 0.3 is 0 Å². The zero-order valence-electron chi connectivity index (χ0n) is 68.1. The van der Waals surface area contributed by atoms with Gasteiger partial charge in [-0.05, 0) is 200 Å². The summed E-state index contributed by atoms with van der Waals surface area (Å²) in [4.78, 5) is 19.8. The average molecular weight is 1670 g/mol. The lowest BCUT2D eigenvalue weighted by Crippen LogP contribution is -2.04. The molecule has 13 heteroatoms. The predicted octanol–water partition coefficient (Wildman–Crippen LogP) is 30.6. The van der Waals surface area contributed by atoms with Crippen molar-refractivity contribution in [2.75, 3.05) is 0 Å². The predicted molar refractivity (Wildman–Crippen MR) is 530 cm³/mol. The number of pyridine rings is 2. The molecule has 27 rings (SSSR count). The molecule has 0 N–H and O–H groups in total. The number of furan rings is 1. The Balaban J connectivity index is 0.000000105. The SMILES string of the molecule is N#Cc1c(-c2ccccc2)c(-n2c3ccccc3c3cc(-c4ccc5sc6ccc7ccccc7c6c5c4)ccc32)nc2ccccc12.N#Cc1cc(-n2c3ccccc3c3cc(-c4ccc5sc6ccc7ccccc7c6c5c4)ccc32)nc2ccccc12.N#Cc1nc(-n2c3ccccc3c3cc(-c4ccc5oc6ccccc6c5c4)ccc32)nc2ccccc12. The number of rotatable bonds is 7. The van der Waals surface area contributed by atoms with Gasteiger partial charge in [0.1, 0.15) is 34.9 Å². The second-order valence-electron chi connectivity index (χ2n) is 32.3.